The molecule has 3 rings (SSSR count). The summed E-state index contributed by atoms with van der Waals surface area (Å²) >= 11 is 0. The molecule has 39 heavy (non-hydrogen) atoms. The molecule has 2 saturated heterocycles. The van der Waals surface area contributed by atoms with Crippen molar-refractivity contribution in [2.45, 2.75) is 131 Å². The second-order valence-corrected chi connectivity index (χ2v) is 10.8. The normalized spacial score (nSPS) is 45.2. The van der Waals surface area contributed by atoms with Crippen LogP contribution in [0.3, 0.4) is 0 Å². The van der Waals surface area contributed by atoms with E-state index in [4.69, 9.17) is 41.9 Å². The largest absolute Gasteiger partial charge is 0.394 e. The van der Waals surface area contributed by atoms with Gasteiger partial charge in [-0.1, -0.05) is 19.8 Å². The van der Waals surface area contributed by atoms with Gasteiger partial charge in [-0.25, -0.2) is 0 Å². The van der Waals surface area contributed by atoms with Gasteiger partial charge in [-0.15, -0.1) is 0 Å². The SMILES string of the molecule is CCCCCC(=O)N[C@@H]1C[C@H](O)[C@@H](CN)O[C@@H]1O[C@H]1[C@H](O)[C@@H](O[C@H]2O[C@H](CO)[C@@H](O)[C@H](N)[C@H]2O)[C@H](N)C[C@@H]1N. The summed E-state index contributed by atoms with van der Waals surface area (Å²) in [6, 6.07) is -3.46. The minimum atomic E-state index is -1.47. The molecule has 3 aliphatic rings. The third kappa shape index (κ3) is 7.82. The first kappa shape index (κ1) is 32.5. The average Bonchev–Trinajstić information content (AvgIpc) is 2.90. The van der Waals surface area contributed by atoms with Gasteiger partial charge in [-0.2, -0.15) is 0 Å². The summed E-state index contributed by atoms with van der Waals surface area (Å²) in [6.45, 7) is 1.46. The smallest absolute Gasteiger partial charge is 0.220 e. The van der Waals surface area contributed by atoms with Crippen molar-refractivity contribution in [3.05, 3.63) is 0 Å². The van der Waals surface area contributed by atoms with E-state index < -0.39 is 92.2 Å². The van der Waals surface area contributed by atoms with Gasteiger partial charge in [0.25, 0.3) is 0 Å². The highest BCUT2D eigenvalue weighted by atomic mass is 16.7. The van der Waals surface area contributed by atoms with Crippen LogP contribution in [0.5, 0.6) is 0 Å². The molecule has 3 fully saturated rings. The Morgan fingerprint density at radius 2 is 1.51 bits per heavy atom. The van der Waals surface area contributed by atoms with Crippen molar-refractivity contribution in [1.82, 2.24) is 5.32 Å². The summed E-state index contributed by atoms with van der Waals surface area (Å²) < 4.78 is 23.3. The highest BCUT2D eigenvalue weighted by Gasteiger charge is 2.50. The zero-order valence-corrected chi connectivity index (χ0v) is 22.3. The maximum atomic E-state index is 12.5. The number of amides is 1. The number of carbonyl (C=O) groups is 1. The number of nitrogens with one attached hydrogen (secondary N) is 1. The summed E-state index contributed by atoms with van der Waals surface area (Å²) in [5.41, 5.74) is 24.2. The topological polar surface area (TPSA) is 271 Å². The van der Waals surface area contributed by atoms with Crippen LogP contribution in [0.2, 0.25) is 0 Å². The molecule has 0 unspecified atom stereocenters. The van der Waals surface area contributed by atoms with Crippen LogP contribution in [0.25, 0.3) is 0 Å². The van der Waals surface area contributed by atoms with Gasteiger partial charge in [0.05, 0.1) is 30.9 Å². The molecular formula is C24H47N5O10. The number of hydrogen-bond acceptors (Lipinski definition) is 14. The second kappa shape index (κ2) is 14.7. The summed E-state index contributed by atoms with van der Waals surface area (Å²) in [5.74, 6) is -0.221. The van der Waals surface area contributed by atoms with Crippen molar-refractivity contribution in [1.29, 1.82) is 0 Å². The van der Waals surface area contributed by atoms with Gasteiger partial charge in [0.15, 0.2) is 12.6 Å². The van der Waals surface area contributed by atoms with Gasteiger partial charge < -0.3 is 72.7 Å². The molecule has 1 amide bonds. The zero-order chi connectivity index (χ0) is 28.9. The fourth-order valence-electron chi connectivity index (χ4n) is 5.34. The van der Waals surface area contributed by atoms with Crippen LogP contribution in [0.15, 0.2) is 0 Å². The molecule has 0 spiro atoms. The lowest BCUT2D eigenvalue weighted by molar-refractivity contribution is -0.315. The molecule has 14 atom stereocenters. The van der Waals surface area contributed by atoms with Crippen molar-refractivity contribution in [2.24, 2.45) is 22.9 Å². The van der Waals surface area contributed by atoms with Crippen molar-refractivity contribution >= 4 is 5.91 Å². The highest BCUT2D eigenvalue weighted by molar-refractivity contribution is 5.76. The average molecular weight is 566 g/mol. The Kier molecular flexibility index (Phi) is 12.3. The monoisotopic (exact) mass is 565 g/mol. The minimum absolute atomic E-state index is 0.00309. The maximum Gasteiger partial charge on any atom is 0.220 e. The Morgan fingerprint density at radius 1 is 0.897 bits per heavy atom. The predicted molar refractivity (Wildman–Crippen MR) is 136 cm³/mol. The lowest BCUT2D eigenvalue weighted by Crippen LogP contribution is -2.68. The van der Waals surface area contributed by atoms with Crippen LogP contribution in [-0.4, -0.2) is 130 Å². The lowest BCUT2D eigenvalue weighted by Gasteiger charge is -2.48. The molecule has 2 aliphatic heterocycles. The Hall–Kier alpha value is -1.05. The number of aliphatic hydroxyl groups is 5. The number of aliphatic hydroxyl groups excluding tert-OH is 5. The molecule has 0 aromatic rings. The number of carbonyl (C=O) groups excluding carboxylic acids is 1. The summed E-state index contributed by atoms with van der Waals surface area (Å²) in [6.07, 6.45) is -8.61. The van der Waals surface area contributed by atoms with Crippen LogP contribution >= 0.6 is 0 Å². The van der Waals surface area contributed by atoms with Crippen LogP contribution < -0.4 is 28.3 Å². The minimum Gasteiger partial charge on any atom is -0.394 e. The van der Waals surface area contributed by atoms with E-state index in [0.29, 0.717) is 12.8 Å². The van der Waals surface area contributed by atoms with E-state index >= 15 is 0 Å². The Morgan fingerprint density at radius 3 is 2.10 bits per heavy atom. The van der Waals surface area contributed by atoms with E-state index in [2.05, 4.69) is 5.32 Å². The molecule has 0 aromatic heterocycles. The number of rotatable bonds is 11. The van der Waals surface area contributed by atoms with Gasteiger partial charge in [0.2, 0.25) is 5.91 Å². The molecule has 0 bridgehead atoms. The molecule has 228 valence electrons. The quantitative estimate of drug-likeness (QED) is 0.106. The van der Waals surface area contributed by atoms with Crippen LogP contribution in [0.1, 0.15) is 45.4 Å². The van der Waals surface area contributed by atoms with E-state index in [1.54, 1.807) is 0 Å². The molecule has 1 aliphatic carbocycles. The molecule has 15 heteroatoms. The third-order valence-electron chi connectivity index (χ3n) is 7.73. The van der Waals surface area contributed by atoms with Gasteiger partial charge in [-0.3, -0.25) is 4.79 Å². The molecule has 1 saturated carbocycles. The predicted octanol–water partition coefficient (Wildman–Crippen LogP) is -4.56. The fraction of sp³-hybridized carbons (Fsp3) is 0.958. The standard InChI is InChI=1S/C24H47N5O10/c1-2-3-4-5-16(32)29-12-7-13(31)14(8-25)36-23(12)38-21-10(26)6-11(27)22(20(21)35)39-24-19(34)17(28)18(33)15(9-30)37-24/h10-15,17-24,30-31,33-35H,2-9,25-28H2,1H3,(H,29,32)/t10-,11+,12+,13-,14+,15+,17-,18+,19+,20-,21+,22-,23+,24+/m0/s1. The Labute approximate surface area is 228 Å². The number of hydrogen-bond donors (Lipinski definition) is 10. The van der Waals surface area contributed by atoms with Gasteiger partial charge in [0, 0.05) is 31.5 Å². The van der Waals surface area contributed by atoms with Crippen molar-refractivity contribution in [2.75, 3.05) is 13.2 Å². The highest BCUT2D eigenvalue weighted by Crippen LogP contribution is 2.31. The van der Waals surface area contributed by atoms with Crippen molar-refractivity contribution in [3.8, 4) is 0 Å². The molecule has 14 N–H and O–H groups in total. The van der Waals surface area contributed by atoms with Crippen LogP contribution in [-0.2, 0) is 23.7 Å². The van der Waals surface area contributed by atoms with Gasteiger partial charge >= 0.3 is 0 Å². The van der Waals surface area contributed by atoms with Crippen LogP contribution in [0.4, 0.5) is 0 Å². The van der Waals surface area contributed by atoms with E-state index in [9.17, 15) is 30.3 Å². The van der Waals surface area contributed by atoms with Crippen molar-refractivity contribution in [3.63, 3.8) is 0 Å². The first-order valence-electron chi connectivity index (χ1n) is 13.7. The van der Waals surface area contributed by atoms with Crippen LogP contribution in [0, 0.1) is 0 Å². The Bertz CT molecular complexity index is 769. The van der Waals surface area contributed by atoms with E-state index in [0.717, 1.165) is 12.8 Å². The van der Waals surface area contributed by atoms with Gasteiger partial charge in [0.1, 0.15) is 36.6 Å². The number of ether oxygens (including phenoxy) is 4. The molecular weight excluding hydrogens is 518 g/mol. The summed E-state index contributed by atoms with van der Waals surface area (Å²) in [5, 5.41) is 54.6. The summed E-state index contributed by atoms with van der Waals surface area (Å²) in [4.78, 5) is 12.5. The fourth-order valence-corrected chi connectivity index (χ4v) is 5.34. The van der Waals surface area contributed by atoms with E-state index in [1.807, 2.05) is 6.92 Å². The first-order valence-corrected chi connectivity index (χ1v) is 13.7. The number of nitrogens with two attached hydrogens (primary N) is 4. The molecule has 2 heterocycles. The number of unbranched alkanes of at least 4 members (excludes halogenated alkanes) is 2. The molecule has 0 aromatic carbocycles. The summed E-state index contributed by atoms with van der Waals surface area (Å²) in [7, 11) is 0. The first-order chi connectivity index (χ1) is 18.5. The van der Waals surface area contributed by atoms with E-state index in [1.165, 1.54) is 0 Å². The maximum absolute atomic E-state index is 12.5. The van der Waals surface area contributed by atoms with E-state index in [-0.39, 0.29) is 25.3 Å². The molecule has 0 radical (unpaired) electrons. The lowest BCUT2D eigenvalue weighted by atomic mass is 9.84. The van der Waals surface area contributed by atoms with Gasteiger partial charge in [-0.05, 0) is 12.8 Å². The van der Waals surface area contributed by atoms with Crippen molar-refractivity contribution < 1.29 is 49.3 Å². The third-order valence-corrected chi connectivity index (χ3v) is 7.73. The second-order valence-electron chi connectivity index (χ2n) is 10.8. The zero-order valence-electron chi connectivity index (χ0n) is 22.3. The molecule has 15 nitrogen and oxygen atoms in total. The Balaban J connectivity index is 1.73.